The van der Waals surface area contributed by atoms with Crippen molar-refractivity contribution in [3.8, 4) is 0 Å². The molecule has 5 nitrogen and oxygen atoms in total. The van der Waals surface area contributed by atoms with E-state index in [0.29, 0.717) is 24.2 Å². The number of fused-ring (bicyclic) bond motifs is 3. The number of carbonyl (C=O) groups excluding carboxylic acids is 1. The molecule has 1 amide bonds. The number of rotatable bonds is 9. The van der Waals surface area contributed by atoms with Gasteiger partial charge in [0.2, 0.25) is 5.91 Å². The Bertz CT molecular complexity index is 916. The highest BCUT2D eigenvalue weighted by Crippen LogP contribution is 2.36. The van der Waals surface area contributed by atoms with Crippen LogP contribution in [0.4, 0.5) is 0 Å². The molecule has 0 saturated heterocycles. The van der Waals surface area contributed by atoms with Crippen molar-refractivity contribution < 1.29 is 4.79 Å². The van der Waals surface area contributed by atoms with Crippen molar-refractivity contribution >= 4 is 39.2 Å². The van der Waals surface area contributed by atoms with Gasteiger partial charge in [0.1, 0.15) is 4.83 Å². The number of nitrogens with one attached hydrogen (secondary N) is 1. The SMILES string of the molecule is C=CCn1c(SCC(=O)NCCCCC)nc2sc3c(c2c1=O)CC[C@H](C)C3. The lowest BCUT2D eigenvalue weighted by Crippen LogP contribution is -2.27. The molecule has 0 radical (unpaired) electrons. The van der Waals surface area contributed by atoms with Gasteiger partial charge in [0, 0.05) is 18.0 Å². The topological polar surface area (TPSA) is 64.0 Å². The first-order valence-electron chi connectivity index (χ1n) is 10.1. The van der Waals surface area contributed by atoms with E-state index in [1.807, 2.05) is 0 Å². The van der Waals surface area contributed by atoms with E-state index in [1.54, 1.807) is 22.0 Å². The van der Waals surface area contributed by atoms with Crippen LogP contribution in [0, 0.1) is 5.92 Å². The maximum atomic E-state index is 13.2. The molecule has 0 saturated carbocycles. The van der Waals surface area contributed by atoms with Gasteiger partial charge in [-0.1, -0.05) is 44.5 Å². The molecule has 0 bridgehead atoms. The zero-order valence-corrected chi connectivity index (χ0v) is 18.4. The molecule has 0 spiro atoms. The van der Waals surface area contributed by atoms with Crippen LogP contribution in [0.5, 0.6) is 0 Å². The molecule has 28 heavy (non-hydrogen) atoms. The molecular weight excluding hydrogens is 390 g/mol. The van der Waals surface area contributed by atoms with Crippen molar-refractivity contribution in [3.05, 3.63) is 33.4 Å². The van der Waals surface area contributed by atoms with Gasteiger partial charge in [-0.2, -0.15) is 0 Å². The van der Waals surface area contributed by atoms with Crippen LogP contribution in [-0.4, -0.2) is 27.8 Å². The predicted octanol–water partition coefficient (Wildman–Crippen LogP) is 4.17. The minimum atomic E-state index is -0.0140. The molecule has 1 aliphatic carbocycles. The van der Waals surface area contributed by atoms with E-state index in [2.05, 4.69) is 25.7 Å². The largest absolute Gasteiger partial charge is 0.355 e. The van der Waals surface area contributed by atoms with Crippen LogP contribution in [0.15, 0.2) is 22.6 Å². The fourth-order valence-electron chi connectivity index (χ4n) is 3.59. The highest BCUT2D eigenvalue weighted by atomic mass is 32.2. The molecule has 7 heteroatoms. The highest BCUT2D eigenvalue weighted by Gasteiger charge is 2.24. The summed E-state index contributed by atoms with van der Waals surface area (Å²) >= 11 is 2.98. The van der Waals surface area contributed by atoms with Gasteiger partial charge in [-0.05, 0) is 37.2 Å². The molecule has 1 atom stereocenters. The van der Waals surface area contributed by atoms with Gasteiger partial charge in [-0.15, -0.1) is 17.9 Å². The van der Waals surface area contributed by atoms with E-state index in [4.69, 9.17) is 4.98 Å². The zero-order valence-electron chi connectivity index (χ0n) is 16.8. The first-order valence-corrected chi connectivity index (χ1v) is 11.9. The van der Waals surface area contributed by atoms with Crippen molar-refractivity contribution in [3.63, 3.8) is 0 Å². The molecule has 2 aromatic heterocycles. The second kappa shape index (κ2) is 9.74. The Balaban J connectivity index is 1.83. The summed E-state index contributed by atoms with van der Waals surface area (Å²) in [6.07, 6.45) is 8.06. The zero-order chi connectivity index (χ0) is 20.1. The van der Waals surface area contributed by atoms with Crippen LogP contribution in [0.1, 0.15) is 50.0 Å². The third-order valence-electron chi connectivity index (χ3n) is 5.13. The molecule has 152 valence electrons. The summed E-state index contributed by atoms with van der Waals surface area (Å²) in [6.45, 7) is 9.29. The van der Waals surface area contributed by atoms with Crippen molar-refractivity contribution in [2.45, 2.75) is 64.1 Å². The van der Waals surface area contributed by atoms with Gasteiger partial charge in [0.25, 0.3) is 5.56 Å². The monoisotopic (exact) mass is 419 g/mol. The summed E-state index contributed by atoms with van der Waals surface area (Å²) in [6, 6.07) is 0. The number of aryl methyl sites for hydroxylation is 1. The fraction of sp³-hybridized carbons (Fsp3) is 0.571. The number of thiophene rings is 1. The van der Waals surface area contributed by atoms with Gasteiger partial charge >= 0.3 is 0 Å². The van der Waals surface area contributed by atoms with Crippen molar-refractivity contribution in [1.29, 1.82) is 0 Å². The van der Waals surface area contributed by atoms with Crippen LogP contribution in [-0.2, 0) is 24.2 Å². The van der Waals surface area contributed by atoms with E-state index < -0.39 is 0 Å². The Morgan fingerprint density at radius 3 is 3.04 bits per heavy atom. The normalized spacial score (nSPS) is 16.1. The number of hydrogen-bond acceptors (Lipinski definition) is 5. The smallest absolute Gasteiger partial charge is 0.263 e. The number of hydrogen-bond donors (Lipinski definition) is 1. The second-order valence-corrected chi connectivity index (χ2v) is 9.50. The molecule has 0 aliphatic heterocycles. The first-order chi connectivity index (χ1) is 13.5. The molecule has 3 rings (SSSR count). The maximum Gasteiger partial charge on any atom is 0.263 e. The fourth-order valence-corrected chi connectivity index (χ4v) is 5.85. The van der Waals surface area contributed by atoms with Crippen LogP contribution in [0.2, 0.25) is 0 Å². The molecule has 2 heterocycles. The number of carbonyl (C=O) groups is 1. The lowest BCUT2D eigenvalue weighted by molar-refractivity contribution is -0.118. The minimum absolute atomic E-state index is 0.00260. The summed E-state index contributed by atoms with van der Waals surface area (Å²) in [5, 5.41) is 4.33. The van der Waals surface area contributed by atoms with Crippen LogP contribution < -0.4 is 10.9 Å². The third-order valence-corrected chi connectivity index (χ3v) is 7.25. The second-order valence-electron chi connectivity index (χ2n) is 7.48. The molecule has 0 aromatic carbocycles. The highest BCUT2D eigenvalue weighted by molar-refractivity contribution is 7.99. The average Bonchev–Trinajstić information content (AvgIpc) is 3.03. The molecule has 0 fully saturated rings. The number of allylic oxidation sites excluding steroid dienone is 1. The van der Waals surface area contributed by atoms with Gasteiger partial charge in [-0.25, -0.2) is 4.98 Å². The molecule has 1 N–H and O–H groups in total. The predicted molar refractivity (Wildman–Crippen MR) is 119 cm³/mol. The average molecular weight is 420 g/mol. The Kier molecular flexibility index (Phi) is 7.35. The van der Waals surface area contributed by atoms with Crippen LogP contribution in [0.25, 0.3) is 10.2 Å². The number of unbranched alkanes of at least 4 members (excludes halogenated alkanes) is 2. The lowest BCUT2D eigenvalue weighted by Gasteiger charge is -2.17. The van der Waals surface area contributed by atoms with E-state index in [0.717, 1.165) is 48.7 Å². The van der Waals surface area contributed by atoms with E-state index >= 15 is 0 Å². The van der Waals surface area contributed by atoms with Gasteiger partial charge in [0.15, 0.2) is 5.16 Å². The summed E-state index contributed by atoms with van der Waals surface area (Å²) in [5.41, 5.74) is 1.20. The molecule has 0 unspecified atom stereocenters. The summed E-state index contributed by atoms with van der Waals surface area (Å²) < 4.78 is 1.66. The molecule has 2 aromatic rings. The quantitative estimate of drug-likeness (QED) is 0.287. The molecule has 1 aliphatic rings. The Hall–Kier alpha value is -1.60. The third kappa shape index (κ3) is 4.69. The van der Waals surface area contributed by atoms with Crippen LogP contribution in [0.3, 0.4) is 0 Å². The summed E-state index contributed by atoms with van der Waals surface area (Å²) in [5.74, 6) is 0.907. The number of thioether (sulfide) groups is 1. The Labute approximate surface area is 174 Å². The maximum absolute atomic E-state index is 13.2. The van der Waals surface area contributed by atoms with Gasteiger partial charge in [0.05, 0.1) is 11.1 Å². The summed E-state index contributed by atoms with van der Waals surface area (Å²) in [7, 11) is 0. The first kappa shape index (κ1) is 21.1. The van der Waals surface area contributed by atoms with E-state index in [1.165, 1.54) is 22.2 Å². The van der Waals surface area contributed by atoms with Crippen molar-refractivity contribution in [2.24, 2.45) is 5.92 Å². The Morgan fingerprint density at radius 2 is 2.29 bits per heavy atom. The lowest BCUT2D eigenvalue weighted by atomic mass is 9.89. The summed E-state index contributed by atoms with van der Waals surface area (Å²) in [4.78, 5) is 32.2. The minimum Gasteiger partial charge on any atom is -0.355 e. The number of amides is 1. The number of nitrogens with zero attached hydrogens (tertiary/aromatic N) is 2. The van der Waals surface area contributed by atoms with Crippen molar-refractivity contribution in [1.82, 2.24) is 14.9 Å². The van der Waals surface area contributed by atoms with Crippen molar-refractivity contribution in [2.75, 3.05) is 12.3 Å². The van der Waals surface area contributed by atoms with E-state index in [-0.39, 0.29) is 17.2 Å². The molecular formula is C21H29N3O2S2. The number of aromatic nitrogens is 2. The standard InChI is InChI=1S/C21H29N3O2S2/c1-4-6-7-10-22-17(25)13-27-21-23-19-18(20(26)24(21)11-5-2)15-9-8-14(3)12-16(15)28-19/h5,14H,2,4,6-13H2,1,3H3,(H,22,25)/t14-/m0/s1. The van der Waals surface area contributed by atoms with Crippen LogP contribution >= 0.6 is 23.1 Å². The Morgan fingerprint density at radius 1 is 1.46 bits per heavy atom. The van der Waals surface area contributed by atoms with E-state index in [9.17, 15) is 9.59 Å². The van der Waals surface area contributed by atoms with Gasteiger partial charge < -0.3 is 5.32 Å². The van der Waals surface area contributed by atoms with Gasteiger partial charge in [-0.3, -0.25) is 14.2 Å².